The maximum absolute atomic E-state index is 12.2. The Morgan fingerprint density at radius 3 is 2.29 bits per heavy atom. The number of para-hydroxylation sites is 1. The summed E-state index contributed by atoms with van der Waals surface area (Å²) in [5, 5.41) is 0. The van der Waals surface area contributed by atoms with Crippen LogP contribution in [0.3, 0.4) is 0 Å². The van der Waals surface area contributed by atoms with E-state index in [2.05, 4.69) is 15.9 Å². The summed E-state index contributed by atoms with van der Waals surface area (Å²) in [5.74, 6) is 0.879. The van der Waals surface area contributed by atoms with E-state index in [-0.39, 0.29) is 10.6 Å². The van der Waals surface area contributed by atoms with Gasteiger partial charge < -0.3 is 10.5 Å². The Balaban J connectivity index is 2.41. The van der Waals surface area contributed by atoms with Gasteiger partial charge in [-0.25, -0.2) is 12.7 Å². The molecule has 0 aromatic heterocycles. The SMILES string of the molecule is CN(C)S(=O)(=O)c1cccc(Oc2ccc(Br)cc2)c1N. The van der Waals surface area contributed by atoms with Crippen molar-refractivity contribution >= 4 is 31.6 Å². The molecule has 0 bridgehead atoms. The first-order valence-corrected chi connectivity index (χ1v) is 8.30. The molecule has 0 saturated carbocycles. The Kier molecular flexibility index (Phi) is 4.55. The molecule has 112 valence electrons. The Hall–Kier alpha value is -1.57. The van der Waals surface area contributed by atoms with E-state index in [1.165, 1.54) is 20.2 Å². The first-order chi connectivity index (χ1) is 9.82. The van der Waals surface area contributed by atoms with E-state index in [0.29, 0.717) is 11.5 Å². The average molecular weight is 371 g/mol. The number of nitrogens with two attached hydrogens (primary N) is 1. The molecule has 2 aromatic rings. The molecule has 0 saturated heterocycles. The van der Waals surface area contributed by atoms with E-state index < -0.39 is 10.0 Å². The highest BCUT2D eigenvalue weighted by Crippen LogP contribution is 2.33. The third-order valence-electron chi connectivity index (χ3n) is 2.83. The molecular weight excluding hydrogens is 356 g/mol. The van der Waals surface area contributed by atoms with Crippen LogP contribution >= 0.6 is 15.9 Å². The zero-order chi connectivity index (χ0) is 15.6. The fraction of sp³-hybridized carbons (Fsp3) is 0.143. The van der Waals surface area contributed by atoms with E-state index in [1.54, 1.807) is 24.3 Å². The minimum Gasteiger partial charge on any atom is -0.455 e. The maximum atomic E-state index is 12.2. The van der Waals surface area contributed by atoms with Crippen LogP contribution in [-0.4, -0.2) is 26.8 Å². The van der Waals surface area contributed by atoms with E-state index in [1.807, 2.05) is 12.1 Å². The second-order valence-corrected chi connectivity index (χ2v) is 7.55. The Labute approximate surface area is 132 Å². The molecule has 0 aliphatic rings. The van der Waals surface area contributed by atoms with Crippen molar-refractivity contribution in [3.05, 3.63) is 46.9 Å². The lowest BCUT2D eigenvalue weighted by molar-refractivity contribution is 0.482. The summed E-state index contributed by atoms with van der Waals surface area (Å²) < 4.78 is 32.1. The highest BCUT2D eigenvalue weighted by Gasteiger charge is 2.22. The standard InChI is InChI=1S/C14H15BrN2O3S/c1-17(2)21(18,19)13-5-3-4-12(14(13)16)20-11-8-6-10(15)7-9-11/h3-9H,16H2,1-2H3. The van der Waals surface area contributed by atoms with Crippen LogP contribution in [0.1, 0.15) is 0 Å². The van der Waals surface area contributed by atoms with Gasteiger partial charge >= 0.3 is 0 Å². The number of hydrogen-bond acceptors (Lipinski definition) is 4. The van der Waals surface area contributed by atoms with Gasteiger partial charge in [0.1, 0.15) is 10.6 Å². The smallest absolute Gasteiger partial charge is 0.244 e. The number of rotatable bonds is 4. The fourth-order valence-electron chi connectivity index (χ4n) is 1.66. The van der Waals surface area contributed by atoms with Crippen molar-refractivity contribution in [1.29, 1.82) is 0 Å². The number of hydrogen-bond donors (Lipinski definition) is 1. The van der Waals surface area contributed by atoms with Crippen molar-refractivity contribution < 1.29 is 13.2 Å². The summed E-state index contributed by atoms with van der Waals surface area (Å²) >= 11 is 3.33. The molecule has 0 amide bonds. The number of ether oxygens (including phenoxy) is 1. The molecule has 0 atom stereocenters. The van der Waals surface area contributed by atoms with Gasteiger partial charge in [0.15, 0.2) is 5.75 Å². The largest absolute Gasteiger partial charge is 0.455 e. The number of halogens is 1. The van der Waals surface area contributed by atoms with Crippen LogP contribution in [0.4, 0.5) is 5.69 Å². The fourth-order valence-corrected chi connectivity index (χ4v) is 2.95. The molecule has 0 heterocycles. The first kappa shape index (κ1) is 15.8. The van der Waals surface area contributed by atoms with Crippen LogP contribution in [0.5, 0.6) is 11.5 Å². The summed E-state index contributed by atoms with van der Waals surface area (Å²) in [6, 6.07) is 11.9. The van der Waals surface area contributed by atoms with Crippen molar-refractivity contribution in [3.8, 4) is 11.5 Å². The highest BCUT2D eigenvalue weighted by molar-refractivity contribution is 9.10. The Bertz CT molecular complexity index is 743. The molecule has 0 aliphatic heterocycles. The molecule has 5 nitrogen and oxygen atoms in total. The summed E-state index contributed by atoms with van der Waals surface area (Å²) in [6.07, 6.45) is 0. The number of nitrogens with zero attached hydrogens (tertiary/aromatic N) is 1. The quantitative estimate of drug-likeness (QED) is 0.839. The van der Waals surface area contributed by atoms with Gasteiger partial charge in [-0.2, -0.15) is 0 Å². The van der Waals surface area contributed by atoms with Crippen molar-refractivity contribution in [3.63, 3.8) is 0 Å². The molecule has 2 N–H and O–H groups in total. The van der Waals surface area contributed by atoms with Crippen molar-refractivity contribution in [2.75, 3.05) is 19.8 Å². The van der Waals surface area contributed by atoms with Gasteiger partial charge in [-0.3, -0.25) is 0 Å². The molecule has 0 spiro atoms. The first-order valence-electron chi connectivity index (χ1n) is 6.07. The van der Waals surface area contributed by atoms with Gasteiger partial charge in [-0.05, 0) is 36.4 Å². The summed E-state index contributed by atoms with van der Waals surface area (Å²) in [7, 11) is -0.697. The van der Waals surface area contributed by atoms with Gasteiger partial charge in [-0.1, -0.05) is 22.0 Å². The topological polar surface area (TPSA) is 72.6 Å². The van der Waals surface area contributed by atoms with E-state index in [4.69, 9.17) is 10.5 Å². The van der Waals surface area contributed by atoms with Gasteiger partial charge in [0, 0.05) is 18.6 Å². The number of anilines is 1. The third kappa shape index (κ3) is 3.37. The predicted octanol–water partition coefficient (Wildman–Crippen LogP) is 3.07. The van der Waals surface area contributed by atoms with E-state index in [0.717, 1.165) is 8.78 Å². The molecular formula is C14H15BrN2O3S. The number of nitrogen functional groups attached to an aromatic ring is 1. The van der Waals surface area contributed by atoms with E-state index in [9.17, 15) is 8.42 Å². The van der Waals surface area contributed by atoms with Crippen LogP contribution in [0.25, 0.3) is 0 Å². The summed E-state index contributed by atoms with van der Waals surface area (Å²) in [5.41, 5.74) is 6.04. The predicted molar refractivity (Wildman–Crippen MR) is 85.9 cm³/mol. The highest BCUT2D eigenvalue weighted by atomic mass is 79.9. The van der Waals surface area contributed by atoms with Crippen molar-refractivity contribution in [2.45, 2.75) is 4.90 Å². The molecule has 2 aromatic carbocycles. The number of sulfonamides is 1. The van der Waals surface area contributed by atoms with Gasteiger partial charge in [0.05, 0.1) is 5.69 Å². The second-order valence-electron chi connectivity index (χ2n) is 4.51. The van der Waals surface area contributed by atoms with E-state index >= 15 is 0 Å². The maximum Gasteiger partial charge on any atom is 0.244 e. The molecule has 0 unspecified atom stereocenters. The van der Waals surface area contributed by atoms with Crippen molar-refractivity contribution in [2.24, 2.45) is 0 Å². The molecule has 0 fully saturated rings. The minimum atomic E-state index is -3.61. The molecule has 2 rings (SSSR count). The zero-order valence-electron chi connectivity index (χ0n) is 11.6. The summed E-state index contributed by atoms with van der Waals surface area (Å²) in [4.78, 5) is 0.0297. The lowest BCUT2D eigenvalue weighted by Gasteiger charge is -2.15. The van der Waals surface area contributed by atoms with Crippen molar-refractivity contribution in [1.82, 2.24) is 4.31 Å². The van der Waals surface area contributed by atoms with Gasteiger partial charge in [0.2, 0.25) is 10.0 Å². The van der Waals surface area contributed by atoms with Crippen LogP contribution in [-0.2, 0) is 10.0 Å². The second kappa shape index (κ2) is 6.05. The summed E-state index contributed by atoms with van der Waals surface area (Å²) in [6.45, 7) is 0. The average Bonchev–Trinajstić information content (AvgIpc) is 2.43. The molecule has 21 heavy (non-hydrogen) atoms. The van der Waals surface area contributed by atoms with Crippen LogP contribution in [0, 0.1) is 0 Å². The lowest BCUT2D eigenvalue weighted by Crippen LogP contribution is -2.23. The zero-order valence-corrected chi connectivity index (χ0v) is 14.0. The van der Waals surface area contributed by atoms with Gasteiger partial charge in [0.25, 0.3) is 0 Å². The lowest BCUT2D eigenvalue weighted by atomic mass is 10.3. The van der Waals surface area contributed by atoms with Crippen LogP contribution in [0.2, 0.25) is 0 Å². The Morgan fingerprint density at radius 2 is 1.71 bits per heavy atom. The Morgan fingerprint density at radius 1 is 1.10 bits per heavy atom. The monoisotopic (exact) mass is 370 g/mol. The molecule has 7 heteroatoms. The third-order valence-corrected chi connectivity index (χ3v) is 5.23. The molecule has 0 radical (unpaired) electrons. The molecule has 0 aliphatic carbocycles. The van der Waals surface area contributed by atoms with Crippen LogP contribution < -0.4 is 10.5 Å². The van der Waals surface area contributed by atoms with Crippen LogP contribution in [0.15, 0.2) is 51.8 Å². The normalized spacial score (nSPS) is 11.6. The number of benzene rings is 2. The van der Waals surface area contributed by atoms with Gasteiger partial charge in [-0.15, -0.1) is 0 Å². The minimum absolute atomic E-state index is 0.0297.